The maximum atomic E-state index is 11.9. The quantitative estimate of drug-likeness (QED) is 0.796. The molecule has 7 nitrogen and oxygen atoms in total. The lowest BCUT2D eigenvalue weighted by atomic mass is 10.1. The van der Waals surface area contributed by atoms with Gasteiger partial charge < -0.3 is 20.7 Å². The van der Waals surface area contributed by atoms with E-state index < -0.39 is 6.04 Å². The molecule has 2 unspecified atom stereocenters. The average Bonchev–Trinajstić information content (AvgIpc) is 2.48. The van der Waals surface area contributed by atoms with Gasteiger partial charge >= 0.3 is 0 Å². The van der Waals surface area contributed by atoms with Crippen molar-refractivity contribution in [2.45, 2.75) is 24.9 Å². The lowest BCUT2D eigenvalue weighted by molar-refractivity contribution is -0.124. The fourth-order valence-corrected chi connectivity index (χ4v) is 2.29. The number of nitrogens with two attached hydrogens (primary N) is 1. The molecule has 0 saturated carbocycles. The van der Waals surface area contributed by atoms with Crippen LogP contribution in [0.15, 0.2) is 18.5 Å². The molecule has 1 aromatic rings. The second kappa shape index (κ2) is 10.6. The largest absolute Gasteiger partial charge is 0.383 e. The van der Waals surface area contributed by atoms with Gasteiger partial charge in [-0.15, -0.1) is 24.8 Å². The van der Waals surface area contributed by atoms with E-state index in [1.165, 1.54) is 7.11 Å². The molecule has 1 aliphatic heterocycles. The van der Waals surface area contributed by atoms with Gasteiger partial charge in [-0.2, -0.15) is 0 Å². The summed E-state index contributed by atoms with van der Waals surface area (Å²) in [6.45, 7) is 1.83. The Labute approximate surface area is 142 Å². The number of rotatable bonds is 5. The van der Waals surface area contributed by atoms with Crippen molar-refractivity contribution in [1.82, 2.24) is 15.3 Å². The molecule has 2 heterocycles. The molecule has 1 aromatic heterocycles. The molecule has 0 aliphatic carbocycles. The Kier molecular flexibility index (Phi) is 10.0. The topological polar surface area (TPSA) is 93.4 Å². The highest BCUT2D eigenvalue weighted by atomic mass is 35.5. The molecule has 2 rings (SSSR count). The van der Waals surface area contributed by atoms with E-state index in [1.807, 2.05) is 0 Å². The van der Waals surface area contributed by atoms with Crippen molar-refractivity contribution in [3.05, 3.63) is 18.5 Å². The molecule has 1 fully saturated rings. The molecule has 1 aliphatic rings. The standard InChI is InChI=1S/C13H21N5O2.2ClH/c1-20-9-11(14)12(19)17-10-4-2-7-18(8-10)13-15-5-3-6-16-13;;/h3,5-6,10-11H,2,4,7-9,14H2,1H3,(H,17,19);2*1H. The molecule has 0 radical (unpaired) electrons. The minimum absolute atomic E-state index is 0. The van der Waals surface area contributed by atoms with Gasteiger partial charge in [0.15, 0.2) is 0 Å². The number of nitrogens with one attached hydrogen (secondary N) is 1. The van der Waals surface area contributed by atoms with Gasteiger partial charge in [-0.1, -0.05) is 0 Å². The number of halogens is 2. The van der Waals surface area contributed by atoms with Gasteiger partial charge in [0.05, 0.1) is 6.61 Å². The lowest BCUT2D eigenvalue weighted by Crippen LogP contribution is -2.53. The highest BCUT2D eigenvalue weighted by Gasteiger charge is 2.24. The molecule has 0 aromatic carbocycles. The Morgan fingerprint density at radius 3 is 2.82 bits per heavy atom. The molecule has 2 atom stereocenters. The van der Waals surface area contributed by atoms with E-state index >= 15 is 0 Å². The van der Waals surface area contributed by atoms with Gasteiger partial charge in [-0.25, -0.2) is 9.97 Å². The van der Waals surface area contributed by atoms with E-state index in [4.69, 9.17) is 10.5 Å². The predicted molar refractivity (Wildman–Crippen MR) is 89.8 cm³/mol. The number of hydrogen-bond acceptors (Lipinski definition) is 6. The highest BCUT2D eigenvalue weighted by Crippen LogP contribution is 2.15. The summed E-state index contributed by atoms with van der Waals surface area (Å²) in [6.07, 6.45) is 5.37. The van der Waals surface area contributed by atoms with E-state index in [0.29, 0.717) is 12.5 Å². The van der Waals surface area contributed by atoms with Crippen LogP contribution >= 0.6 is 24.8 Å². The van der Waals surface area contributed by atoms with E-state index in [1.54, 1.807) is 18.5 Å². The summed E-state index contributed by atoms with van der Waals surface area (Å²) in [6, 6.07) is 1.24. The van der Waals surface area contributed by atoms with E-state index in [-0.39, 0.29) is 43.4 Å². The Morgan fingerprint density at radius 1 is 1.50 bits per heavy atom. The first-order valence-corrected chi connectivity index (χ1v) is 6.77. The molecule has 1 saturated heterocycles. The summed E-state index contributed by atoms with van der Waals surface area (Å²) >= 11 is 0. The van der Waals surface area contributed by atoms with Crippen molar-refractivity contribution < 1.29 is 9.53 Å². The average molecular weight is 352 g/mol. The number of hydrogen-bond donors (Lipinski definition) is 2. The van der Waals surface area contributed by atoms with Crippen LogP contribution in [0, 0.1) is 0 Å². The van der Waals surface area contributed by atoms with Crippen molar-refractivity contribution in [2.24, 2.45) is 5.73 Å². The number of methoxy groups -OCH3 is 1. The van der Waals surface area contributed by atoms with Gasteiger partial charge in [0.1, 0.15) is 6.04 Å². The third kappa shape index (κ3) is 5.92. The van der Waals surface area contributed by atoms with Gasteiger partial charge in [0.25, 0.3) is 0 Å². The number of anilines is 1. The first kappa shape index (κ1) is 20.9. The third-order valence-electron chi connectivity index (χ3n) is 3.29. The zero-order chi connectivity index (χ0) is 14.4. The minimum atomic E-state index is -0.622. The summed E-state index contributed by atoms with van der Waals surface area (Å²) in [7, 11) is 1.53. The lowest BCUT2D eigenvalue weighted by Gasteiger charge is -2.33. The molecule has 1 amide bonds. The van der Waals surface area contributed by atoms with Crippen LogP contribution in [0.5, 0.6) is 0 Å². The Bertz CT molecular complexity index is 438. The molecule has 0 spiro atoms. The number of ether oxygens (including phenoxy) is 1. The number of amides is 1. The van der Waals surface area contributed by atoms with Gasteiger partial charge in [-0.3, -0.25) is 4.79 Å². The van der Waals surface area contributed by atoms with Gasteiger partial charge in [0.2, 0.25) is 11.9 Å². The summed E-state index contributed by atoms with van der Waals surface area (Å²) in [5, 5.41) is 2.96. The van der Waals surface area contributed by atoms with Crippen molar-refractivity contribution in [3.63, 3.8) is 0 Å². The normalized spacial score (nSPS) is 18.6. The molecular formula is C13H23Cl2N5O2. The van der Waals surface area contributed by atoms with Gasteiger partial charge in [-0.05, 0) is 18.9 Å². The van der Waals surface area contributed by atoms with Crippen LogP contribution < -0.4 is 16.0 Å². The number of piperidine rings is 1. The van der Waals surface area contributed by atoms with Gasteiger partial charge in [0, 0.05) is 38.6 Å². The fourth-order valence-electron chi connectivity index (χ4n) is 2.29. The van der Waals surface area contributed by atoms with Crippen LogP contribution in [0.4, 0.5) is 5.95 Å². The summed E-state index contributed by atoms with van der Waals surface area (Å²) < 4.78 is 4.89. The van der Waals surface area contributed by atoms with E-state index in [0.717, 1.165) is 19.4 Å². The number of carbonyl (C=O) groups excluding carboxylic acids is 1. The first-order chi connectivity index (χ1) is 9.70. The van der Waals surface area contributed by atoms with E-state index in [2.05, 4.69) is 20.2 Å². The smallest absolute Gasteiger partial charge is 0.239 e. The maximum absolute atomic E-state index is 11.9. The van der Waals surface area contributed by atoms with E-state index in [9.17, 15) is 4.79 Å². The summed E-state index contributed by atoms with van der Waals surface area (Å²) in [4.78, 5) is 22.4. The van der Waals surface area contributed by atoms with Crippen molar-refractivity contribution >= 4 is 36.7 Å². The van der Waals surface area contributed by atoms with Crippen LogP contribution in [0.3, 0.4) is 0 Å². The zero-order valence-corrected chi connectivity index (χ0v) is 14.1. The number of nitrogens with zero attached hydrogens (tertiary/aromatic N) is 3. The Morgan fingerprint density at radius 2 is 2.18 bits per heavy atom. The minimum Gasteiger partial charge on any atom is -0.383 e. The predicted octanol–water partition coefficient (Wildman–Crippen LogP) is 0.379. The zero-order valence-electron chi connectivity index (χ0n) is 12.5. The second-order valence-corrected chi connectivity index (χ2v) is 4.90. The van der Waals surface area contributed by atoms with Crippen molar-refractivity contribution in [3.8, 4) is 0 Å². The number of aromatic nitrogens is 2. The van der Waals surface area contributed by atoms with Crippen LogP contribution in [0.2, 0.25) is 0 Å². The SMILES string of the molecule is COCC(N)C(=O)NC1CCCN(c2ncccn2)C1.Cl.Cl. The molecule has 9 heteroatoms. The highest BCUT2D eigenvalue weighted by molar-refractivity contribution is 5.85. The first-order valence-electron chi connectivity index (χ1n) is 6.77. The summed E-state index contributed by atoms with van der Waals surface area (Å²) in [5.41, 5.74) is 5.72. The molecular weight excluding hydrogens is 329 g/mol. The third-order valence-corrected chi connectivity index (χ3v) is 3.29. The molecule has 126 valence electrons. The van der Waals surface area contributed by atoms with Crippen molar-refractivity contribution in [1.29, 1.82) is 0 Å². The molecule has 0 bridgehead atoms. The maximum Gasteiger partial charge on any atom is 0.239 e. The number of carbonyl (C=O) groups is 1. The fraction of sp³-hybridized carbons (Fsp3) is 0.615. The molecule has 22 heavy (non-hydrogen) atoms. The monoisotopic (exact) mass is 351 g/mol. The van der Waals surface area contributed by atoms with Crippen LogP contribution in [-0.4, -0.2) is 54.8 Å². The Hall–Kier alpha value is -1.15. The Balaban J connectivity index is 0.00000220. The van der Waals surface area contributed by atoms with Crippen LogP contribution in [-0.2, 0) is 9.53 Å². The molecule has 3 N–H and O–H groups in total. The van der Waals surface area contributed by atoms with Crippen LogP contribution in [0.25, 0.3) is 0 Å². The summed E-state index contributed by atoms with van der Waals surface area (Å²) in [5.74, 6) is 0.528. The van der Waals surface area contributed by atoms with Crippen LogP contribution in [0.1, 0.15) is 12.8 Å². The van der Waals surface area contributed by atoms with Crippen molar-refractivity contribution in [2.75, 3.05) is 31.7 Å². The second-order valence-electron chi connectivity index (χ2n) is 4.90.